The molecule has 186 valence electrons. The molecule has 5 rings (SSSR count). The third kappa shape index (κ3) is 4.88. The molecule has 0 aliphatic carbocycles. The third-order valence-corrected chi connectivity index (χ3v) is 5.92. The fourth-order valence-corrected chi connectivity index (χ4v) is 4.14. The molecule has 1 N–H and O–H groups in total. The van der Waals surface area contributed by atoms with Gasteiger partial charge < -0.3 is 9.73 Å². The van der Waals surface area contributed by atoms with Crippen molar-refractivity contribution in [2.75, 3.05) is 0 Å². The van der Waals surface area contributed by atoms with Crippen molar-refractivity contribution in [1.29, 1.82) is 0 Å². The number of furan rings is 1. The van der Waals surface area contributed by atoms with Crippen molar-refractivity contribution in [3.05, 3.63) is 124 Å². The zero-order valence-corrected chi connectivity index (χ0v) is 19.3. The lowest BCUT2D eigenvalue weighted by atomic mass is 10.0. The van der Waals surface area contributed by atoms with Crippen LogP contribution in [0.1, 0.15) is 22.7 Å². The van der Waals surface area contributed by atoms with Crippen molar-refractivity contribution in [3.63, 3.8) is 0 Å². The number of halogens is 3. The minimum atomic E-state index is -4.55. The number of aromatic nitrogens is 2. The van der Waals surface area contributed by atoms with E-state index < -0.39 is 29.2 Å². The molecule has 0 fully saturated rings. The largest absolute Gasteiger partial charge is 0.463 e. The third-order valence-electron chi connectivity index (χ3n) is 5.92. The van der Waals surface area contributed by atoms with Crippen LogP contribution in [0.2, 0.25) is 0 Å². The summed E-state index contributed by atoms with van der Waals surface area (Å²) in [5, 5.41) is 2.82. The van der Waals surface area contributed by atoms with Crippen LogP contribution in [-0.4, -0.2) is 15.5 Å². The molecule has 0 spiro atoms. The van der Waals surface area contributed by atoms with Gasteiger partial charge >= 0.3 is 6.18 Å². The van der Waals surface area contributed by atoms with Gasteiger partial charge in [-0.1, -0.05) is 54.6 Å². The Bertz CT molecular complexity index is 1590. The van der Waals surface area contributed by atoms with E-state index in [0.29, 0.717) is 11.0 Å². The van der Waals surface area contributed by atoms with Crippen LogP contribution in [0, 0.1) is 0 Å². The van der Waals surface area contributed by atoms with Gasteiger partial charge in [0, 0.05) is 6.54 Å². The van der Waals surface area contributed by atoms with Gasteiger partial charge in [-0.15, -0.1) is 0 Å². The summed E-state index contributed by atoms with van der Waals surface area (Å²) in [5.74, 6) is -0.354. The topological polar surface area (TPSA) is 77.1 Å². The van der Waals surface area contributed by atoms with Crippen LogP contribution in [0.25, 0.3) is 22.5 Å². The van der Waals surface area contributed by atoms with E-state index in [1.165, 1.54) is 23.0 Å². The number of alkyl halides is 3. The number of fused-ring (bicyclic) bond motifs is 1. The molecule has 2 heterocycles. The molecule has 0 saturated heterocycles. The average molecular weight is 503 g/mol. The summed E-state index contributed by atoms with van der Waals surface area (Å²) >= 11 is 0. The maximum atomic E-state index is 13.8. The molecule has 0 aliphatic rings. The van der Waals surface area contributed by atoms with Crippen LogP contribution in [0.15, 0.2) is 106 Å². The lowest BCUT2D eigenvalue weighted by Gasteiger charge is -2.23. The molecular weight excluding hydrogens is 483 g/mol. The molecule has 0 saturated carbocycles. The minimum Gasteiger partial charge on any atom is -0.463 e. The monoisotopic (exact) mass is 503 g/mol. The number of nitrogens with zero attached hydrogens (tertiary/aromatic N) is 2. The highest BCUT2D eigenvalue weighted by Gasteiger charge is 2.32. The van der Waals surface area contributed by atoms with Gasteiger partial charge in [-0.3, -0.25) is 14.2 Å². The lowest BCUT2D eigenvalue weighted by Crippen LogP contribution is -2.38. The molecular formula is C28H20F3N3O3. The predicted octanol–water partition coefficient (Wildman–Crippen LogP) is 5.58. The van der Waals surface area contributed by atoms with Crippen molar-refractivity contribution in [2.45, 2.75) is 18.8 Å². The van der Waals surface area contributed by atoms with E-state index in [1.807, 2.05) is 30.3 Å². The van der Waals surface area contributed by atoms with E-state index in [9.17, 15) is 22.8 Å². The summed E-state index contributed by atoms with van der Waals surface area (Å²) in [6, 6.07) is 22.0. The first-order valence-corrected chi connectivity index (χ1v) is 11.4. The fourth-order valence-electron chi connectivity index (χ4n) is 4.14. The SMILES string of the molecule is O=C(NCc1ccccc1)C(c1ccc(C(F)(F)F)cc1)n1c(=O)c(-c2ccco2)nc2ccccc21. The van der Waals surface area contributed by atoms with E-state index in [2.05, 4.69) is 10.3 Å². The van der Waals surface area contributed by atoms with Crippen LogP contribution >= 0.6 is 0 Å². The van der Waals surface area contributed by atoms with Crippen LogP contribution in [0.4, 0.5) is 13.2 Å². The molecule has 3 aromatic carbocycles. The lowest BCUT2D eigenvalue weighted by molar-refractivity contribution is -0.137. The van der Waals surface area contributed by atoms with Gasteiger partial charge in [0.25, 0.3) is 5.56 Å². The van der Waals surface area contributed by atoms with Crippen LogP contribution < -0.4 is 10.9 Å². The molecule has 0 bridgehead atoms. The number of carbonyl (C=O) groups excluding carboxylic acids is 1. The van der Waals surface area contributed by atoms with Gasteiger partial charge in [0.1, 0.15) is 6.04 Å². The number of benzene rings is 3. The fraction of sp³-hybridized carbons (Fsp3) is 0.107. The maximum absolute atomic E-state index is 13.8. The molecule has 5 aromatic rings. The van der Waals surface area contributed by atoms with E-state index in [-0.39, 0.29) is 23.6 Å². The quantitative estimate of drug-likeness (QED) is 0.328. The van der Waals surface area contributed by atoms with Crippen molar-refractivity contribution >= 4 is 16.9 Å². The molecule has 2 aromatic heterocycles. The molecule has 0 radical (unpaired) electrons. The predicted molar refractivity (Wildman–Crippen MR) is 132 cm³/mol. The number of nitrogens with one attached hydrogen (secondary N) is 1. The maximum Gasteiger partial charge on any atom is 0.416 e. The number of hydrogen-bond donors (Lipinski definition) is 1. The van der Waals surface area contributed by atoms with Gasteiger partial charge in [-0.25, -0.2) is 4.98 Å². The molecule has 0 aliphatic heterocycles. The van der Waals surface area contributed by atoms with E-state index in [1.54, 1.807) is 36.4 Å². The first-order chi connectivity index (χ1) is 17.8. The van der Waals surface area contributed by atoms with Gasteiger partial charge in [-0.2, -0.15) is 13.2 Å². The highest BCUT2D eigenvalue weighted by Crippen LogP contribution is 2.31. The number of rotatable bonds is 6. The van der Waals surface area contributed by atoms with Crippen molar-refractivity contribution in [3.8, 4) is 11.5 Å². The Morgan fingerprint density at radius 3 is 2.30 bits per heavy atom. The molecule has 6 nitrogen and oxygen atoms in total. The van der Waals surface area contributed by atoms with Crippen molar-refractivity contribution in [2.24, 2.45) is 0 Å². The molecule has 1 atom stereocenters. The second-order valence-corrected chi connectivity index (χ2v) is 8.33. The van der Waals surface area contributed by atoms with E-state index in [4.69, 9.17) is 4.42 Å². The Balaban J connectivity index is 1.68. The Morgan fingerprint density at radius 2 is 1.62 bits per heavy atom. The Kier molecular flexibility index (Phi) is 6.35. The molecule has 37 heavy (non-hydrogen) atoms. The van der Waals surface area contributed by atoms with Crippen molar-refractivity contribution < 1.29 is 22.4 Å². The van der Waals surface area contributed by atoms with Crippen LogP contribution in [0.5, 0.6) is 0 Å². The summed E-state index contributed by atoms with van der Waals surface area (Å²) in [6.07, 6.45) is -3.15. The summed E-state index contributed by atoms with van der Waals surface area (Å²) in [7, 11) is 0. The summed E-state index contributed by atoms with van der Waals surface area (Å²) in [5.41, 5.74) is 0.309. The smallest absolute Gasteiger partial charge is 0.416 e. The average Bonchev–Trinajstić information content (AvgIpc) is 3.44. The van der Waals surface area contributed by atoms with Gasteiger partial charge in [-0.05, 0) is 47.5 Å². The molecule has 1 unspecified atom stereocenters. The van der Waals surface area contributed by atoms with E-state index in [0.717, 1.165) is 17.7 Å². The summed E-state index contributed by atoms with van der Waals surface area (Å²) in [6.45, 7) is 0.166. The number of amides is 1. The molecule has 9 heteroatoms. The highest BCUT2D eigenvalue weighted by molar-refractivity contribution is 5.87. The van der Waals surface area contributed by atoms with Gasteiger partial charge in [0.2, 0.25) is 5.91 Å². The number of hydrogen-bond acceptors (Lipinski definition) is 4. The zero-order valence-electron chi connectivity index (χ0n) is 19.3. The first kappa shape index (κ1) is 24.1. The van der Waals surface area contributed by atoms with Crippen molar-refractivity contribution in [1.82, 2.24) is 14.9 Å². The zero-order chi connectivity index (χ0) is 26.0. The highest BCUT2D eigenvalue weighted by atomic mass is 19.4. The number of carbonyl (C=O) groups is 1. The standard InChI is InChI=1S/C28H20F3N3O3/c29-28(30,31)20-14-12-19(13-15-20)25(26(35)32-17-18-7-2-1-3-8-18)34-22-10-5-4-9-21(22)33-24(27(34)36)23-11-6-16-37-23/h1-16,25H,17H2,(H,32,35). The Morgan fingerprint density at radius 1 is 0.919 bits per heavy atom. The Hall–Kier alpha value is -4.66. The number of para-hydroxylation sites is 2. The Labute approximate surface area is 209 Å². The normalized spacial score (nSPS) is 12.4. The second-order valence-electron chi connectivity index (χ2n) is 8.33. The molecule has 1 amide bonds. The minimum absolute atomic E-state index is 0.0172. The summed E-state index contributed by atoms with van der Waals surface area (Å²) in [4.78, 5) is 31.9. The van der Waals surface area contributed by atoms with Crippen LogP contribution in [0.3, 0.4) is 0 Å². The second kappa shape index (κ2) is 9.77. The van der Waals surface area contributed by atoms with Gasteiger partial charge in [0.05, 0.1) is 22.9 Å². The summed E-state index contributed by atoms with van der Waals surface area (Å²) < 4.78 is 46.4. The van der Waals surface area contributed by atoms with Crippen LogP contribution in [-0.2, 0) is 17.5 Å². The van der Waals surface area contributed by atoms with E-state index >= 15 is 0 Å². The van der Waals surface area contributed by atoms with Gasteiger partial charge in [0.15, 0.2) is 11.5 Å². The first-order valence-electron chi connectivity index (χ1n) is 11.4.